The number of benzene rings is 2. The highest BCUT2D eigenvalue weighted by atomic mass is 79.9. The van der Waals surface area contributed by atoms with E-state index < -0.39 is 18.5 Å². The van der Waals surface area contributed by atoms with Crippen molar-refractivity contribution in [2.45, 2.75) is 77.5 Å². The van der Waals surface area contributed by atoms with Gasteiger partial charge in [0.1, 0.15) is 5.78 Å². The van der Waals surface area contributed by atoms with Crippen LogP contribution >= 0.6 is 15.9 Å². The van der Waals surface area contributed by atoms with Crippen LogP contribution in [0.4, 0.5) is 0 Å². The molecular formula is C31H41BrO6. The Morgan fingerprint density at radius 2 is 1.53 bits per heavy atom. The smallest absolute Gasteiger partial charge is 0.167 e. The molecule has 2 aromatic rings. The number of rotatable bonds is 12. The lowest BCUT2D eigenvalue weighted by Gasteiger charge is -2.54. The number of hydrogen-bond donors (Lipinski definition) is 1. The van der Waals surface area contributed by atoms with E-state index in [0.717, 1.165) is 11.1 Å². The molecule has 0 aliphatic heterocycles. The normalized spacial score (nSPS) is 31.0. The molecule has 9 atom stereocenters. The minimum Gasteiger partial charge on any atom is -0.390 e. The highest BCUT2D eigenvalue weighted by Crippen LogP contribution is 2.49. The van der Waals surface area contributed by atoms with Gasteiger partial charge in [-0.1, -0.05) is 83.5 Å². The molecule has 0 saturated heterocycles. The standard InChI is InChI=1S/C31H41BrO6/c1-4-35-27(17-32)38-21(3)25-15-24(33)16-26-28(25)30(36-18-22-11-7-5-8-12-22)20(2)31(29(26)34)37-19-23-13-9-6-10-14-23/h5-14,20-21,25-31,34H,4,15-19H2,1-3H3/t20-,21+,25+,26-,27?,28+,29-,30-,31-/m1/s1. The summed E-state index contributed by atoms with van der Waals surface area (Å²) in [5.41, 5.74) is 2.14. The van der Waals surface area contributed by atoms with Crippen LogP contribution in [0.2, 0.25) is 0 Å². The van der Waals surface area contributed by atoms with Crippen molar-refractivity contribution in [2.24, 2.45) is 23.7 Å². The summed E-state index contributed by atoms with van der Waals surface area (Å²) in [6, 6.07) is 20.1. The number of hydrogen-bond acceptors (Lipinski definition) is 6. The van der Waals surface area contributed by atoms with Crippen LogP contribution in [0.15, 0.2) is 60.7 Å². The number of carbonyl (C=O) groups is 1. The number of halogens is 1. The van der Waals surface area contributed by atoms with E-state index in [1.165, 1.54) is 0 Å². The summed E-state index contributed by atoms with van der Waals surface area (Å²) in [6.07, 6.45) is -1.34. The van der Waals surface area contributed by atoms with E-state index in [4.69, 9.17) is 18.9 Å². The maximum absolute atomic E-state index is 13.0. The Labute approximate surface area is 235 Å². The summed E-state index contributed by atoms with van der Waals surface area (Å²) in [4.78, 5) is 13.0. The number of ketones is 1. The molecule has 6 nitrogen and oxygen atoms in total. The summed E-state index contributed by atoms with van der Waals surface area (Å²) in [6.45, 7) is 7.45. The molecule has 2 aromatic carbocycles. The third-order valence-electron chi connectivity index (χ3n) is 8.13. The van der Waals surface area contributed by atoms with Gasteiger partial charge in [0.15, 0.2) is 6.29 Å². The maximum Gasteiger partial charge on any atom is 0.167 e. The molecule has 0 bridgehead atoms. The summed E-state index contributed by atoms with van der Waals surface area (Å²) in [5, 5.41) is 12.2. The number of carbonyl (C=O) groups excluding carboxylic acids is 1. The van der Waals surface area contributed by atoms with Crippen molar-refractivity contribution in [3.63, 3.8) is 0 Å². The molecule has 0 spiro atoms. The molecule has 0 radical (unpaired) electrons. The SMILES string of the molecule is CCOC(CBr)O[C@@H](C)[C@@H]1CC(=O)C[C@H]2[C@@H](O)[C@H](OCc3ccccc3)[C@H](C)[C@@H](OCc3ccccc3)[C@@H]12. The average molecular weight is 590 g/mol. The van der Waals surface area contributed by atoms with E-state index in [1.807, 2.05) is 62.4 Å². The van der Waals surface area contributed by atoms with Gasteiger partial charge in [-0.3, -0.25) is 4.79 Å². The quantitative estimate of drug-likeness (QED) is 0.259. The van der Waals surface area contributed by atoms with E-state index in [0.29, 0.717) is 38.0 Å². The number of aliphatic hydroxyl groups excluding tert-OH is 1. The second kappa shape index (κ2) is 14.1. The van der Waals surface area contributed by atoms with Gasteiger partial charge in [-0.15, -0.1) is 0 Å². The van der Waals surface area contributed by atoms with E-state index in [1.54, 1.807) is 0 Å². The van der Waals surface area contributed by atoms with Crippen LogP contribution in [0.3, 0.4) is 0 Å². The largest absolute Gasteiger partial charge is 0.390 e. The molecule has 2 aliphatic carbocycles. The summed E-state index contributed by atoms with van der Waals surface area (Å²) < 4.78 is 25.1. The molecule has 4 rings (SSSR count). The summed E-state index contributed by atoms with van der Waals surface area (Å²) in [5.74, 6) is -0.350. The first kappa shape index (κ1) is 29.4. The molecule has 0 amide bonds. The van der Waals surface area contributed by atoms with E-state index in [-0.39, 0.29) is 41.7 Å². The third-order valence-corrected chi connectivity index (χ3v) is 8.65. The molecule has 1 unspecified atom stereocenters. The fourth-order valence-electron chi connectivity index (χ4n) is 6.30. The fourth-order valence-corrected chi connectivity index (χ4v) is 6.64. The summed E-state index contributed by atoms with van der Waals surface area (Å²) in [7, 11) is 0. The lowest BCUT2D eigenvalue weighted by atomic mass is 9.58. The van der Waals surface area contributed by atoms with Gasteiger partial charge >= 0.3 is 0 Å². The van der Waals surface area contributed by atoms with Crippen molar-refractivity contribution in [3.8, 4) is 0 Å². The van der Waals surface area contributed by atoms with Crippen molar-refractivity contribution >= 4 is 21.7 Å². The number of fused-ring (bicyclic) bond motifs is 1. The van der Waals surface area contributed by atoms with Crippen LogP contribution in [-0.4, -0.2) is 53.5 Å². The number of Topliss-reactive ketones (excluding diaryl/α,β-unsaturated/α-hetero) is 1. The Hall–Kier alpha value is -1.61. The highest BCUT2D eigenvalue weighted by Gasteiger charge is 2.55. The second-order valence-electron chi connectivity index (χ2n) is 10.6. The van der Waals surface area contributed by atoms with Gasteiger partial charge in [0.2, 0.25) is 0 Å². The maximum atomic E-state index is 13.0. The Morgan fingerprint density at radius 1 is 0.947 bits per heavy atom. The number of ether oxygens (including phenoxy) is 4. The third kappa shape index (κ3) is 7.12. The first-order chi connectivity index (χ1) is 18.4. The van der Waals surface area contributed by atoms with Crippen molar-refractivity contribution in [2.75, 3.05) is 11.9 Å². The molecule has 0 heterocycles. The molecule has 0 aromatic heterocycles. The Kier molecular flexibility index (Phi) is 10.9. The van der Waals surface area contributed by atoms with Crippen LogP contribution in [0.5, 0.6) is 0 Å². The number of alkyl halides is 1. The van der Waals surface area contributed by atoms with Crippen molar-refractivity contribution in [1.82, 2.24) is 0 Å². The van der Waals surface area contributed by atoms with Gasteiger partial charge in [0, 0.05) is 25.4 Å². The van der Waals surface area contributed by atoms with E-state index >= 15 is 0 Å². The lowest BCUT2D eigenvalue weighted by Crippen LogP contribution is -2.61. The van der Waals surface area contributed by atoms with Gasteiger partial charge in [-0.2, -0.15) is 0 Å². The van der Waals surface area contributed by atoms with Crippen LogP contribution in [0.25, 0.3) is 0 Å². The van der Waals surface area contributed by atoms with Gasteiger partial charge in [-0.25, -0.2) is 0 Å². The molecule has 1 N–H and O–H groups in total. The lowest BCUT2D eigenvalue weighted by molar-refractivity contribution is -0.228. The molecule has 7 heteroatoms. The van der Waals surface area contributed by atoms with Crippen molar-refractivity contribution in [3.05, 3.63) is 71.8 Å². The van der Waals surface area contributed by atoms with E-state index in [2.05, 4.69) is 35.0 Å². The Balaban J connectivity index is 1.60. The molecular weight excluding hydrogens is 548 g/mol. The molecule has 2 aliphatic rings. The molecule has 208 valence electrons. The predicted octanol–water partition coefficient (Wildman–Crippen LogP) is 5.54. The minimum atomic E-state index is -0.770. The Bertz CT molecular complexity index is 988. The first-order valence-corrected chi connectivity index (χ1v) is 14.9. The average Bonchev–Trinajstić information content (AvgIpc) is 2.93. The summed E-state index contributed by atoms with van der Waals surface area (Å²) >= 11 is 3.48. The number of aliphatic hydroxyl groups is 1. The first-order valence-electron chi connectivity index (χ1n) is 13.8. The van der Waals surface area contributed by atoms with Crippen LogP contribution in [0, 0.1) is 23.7 Å². The zero-order valence-corrected chi connectivity index (χ0v) is 24.2. The second-order valence-corrected chi connectivity index (χ2v) is 11.3. The monoisotopic (exact) mass is 588 g/mol. The van der Waals surface area contributed by atoms with Gasteiger partial charge in [0.05, 0.1) is 43.0 Å². The van der Waals surface area contributed by atoms with Gasteiger partial charge < -0.3 is 24.1 Å². The molecule has 2 saturated carbocycles. The van der Waals surface area contributed by atoms with Crippen LogP contribution in [0.1, 0.15) is 44.7 Å². The zero-order chi connectivity index (χ0) is 27.1. The Morgan fingerprint density at radius 3 is 2.08 bits per heavy atom. The van der Waals surface area contributed by atoms with Crippen molar-refractivity contribution in [1.29, 1.82) is 0 Å². The van der Waals surface area contributed by atoms with E-state index in [9.17, 15) is 9.90 Å². The van der Waals surface area contributed by atoms with Crippen LogP contribution in [-0.2, 0) is 37.0 Å². The predicted molar refractivity (Wildman–Crippen MR) is 150 cm³/mol. The topological polar surface area (TPSA) is 74.2 Å². The van der Waals surface area contributed by atoms with Gasteiger partial charge in [-0.05, 0) is 42.7 Å². The van der Waals surface area contributed by atoms with Crippen molar-refractivity contribution < 1.29 is 28.8 Å². The fraction of sp³-hybridized carbons (Fsp3) is 0.581. The van der Waals surface area contributed by atoms with Crippen LogP contribution < -0.4 is 0 Å². The molecule has 2 fully saturated rings. The zero-order valence-electron chi connectivity index (χ0n) is 22.6. The minimum absolute atomic E-state index is 0.0504. The van der Waals surface area contributed by atoms with Gasteiger partial charge in [0.25, 0.3) is 0 Å². The molecule has 38 heavy (non-hydrogen) atoms. The highest BCUT2D eigenvalue weighted by molar-refractivity contribution is 9.09.